The van der Waals surface area contributed by atoms with E-state index >= 15 is 0 Å². The number of nitrogens with zero attached hydrogens (tertiary/aromatic N) is 4. The van der Waals surface area contributed by atoms with Gasteiger partial charge in [-0.3, -0.25) is 15.0 Å². The molecule has 0 spiro atoms. The standard InChI is InChI=1S/C39H46N4Si2/c1-38(2,3)27-15-21-41-36(23-27)44(7,8)30-11-13-34-32(25-30)33-26-31(12-14-35(33)43(34)29-17-19-40-20-18-29)45(9,10)37-24-28(16-22-42-37)39(4,5)6/h11-26H,1-10H3. The molecule has 0 atom stereocenters. The van der Waals surface area contributed by atoms with Crippen molar-refractivity contribution < 1.29 is 0 Å². The maximum absolute atomic E-state index is 4.95. The summed E-state index contributed by atoms with van der Waals surface area (Å²) in [5.74, 6) is 0. The second-order valence-corrected chi connectivity index (χ2v) is 24.3. The summed E-state index contributed by atoms with van der Waals surface area (Å²) in [7, 11) is -4.20. The van der Waals surface area contributed by atoms with Gasteiger partial charge in [0.05, 0.1) is 11.0 Å². The Morgan fingerprint density at radius 1 is 0.511 bits per heavy atom. The Morgan fingerprint density at radius 2 is 0.933 bits per heavy atom. The number of pyridine rings is 3. The highest BCUT2D eigenvalue weighted by molar-refractivity contribution is 7.00. The summed E-state index contributed by atoms with van der Waals surface area (Å²) in [5.41, 5.74) is 6.39. The van der Waals surface area contributed by atoms with E-state index in [4.69, 9.17) is 9.97 Å². The van der Waals surface area contributed by atoms with Crippen LogP contribution >= 0.6 is 0 Å². The molecule has 0 saturated carbocycles. The van der Waals surface area contributed by atoms with E-state index in [-0.39, 0.29) is 10.8 Å². The van der Waals surface area contributed by atoms with Gasteiger partial charge in [-0.25, -0.2) is 0 Å². The van der Waals surface area contributed by atoms with Crippen LogP contribution in [0.4, 0.5) is 0 Å². The normalized spacial score (nSPS) is 13.1. The fraction of sp³-hybridized carbons (Fsp3) is 0.308. The molecular weight excluding hydrogens is 581 g/mol. The number of aromatic nitrogens is 4. The Balaban J connectivity index is 1.57. The van der Waals surface area contributed by atoms with Gasteiger partial charge in [-0.15, -0.1) is 0 Å². The molecule has 4 nitrogen and oxygen atoms in total. The van der Waals surface area contributed by atoms with Crippen molar-refractivity contribution >= 4 is 59.0 Å². The van der Waals surface area contributed by atoms with Crippen LogP contribution in [0, 0.1) is 0 Å². The van der Waals surface area contributed by atoms with Gasteiger partial charge >= 0.3 is 0 Å². The fourth-order valence-corrected chi connectivity index (χ4v) is 10.8. The third-order valence-corrected chi connectivity index (χ3v) is 16.3. The van der Waals surface area contributed by atoms with Gasteiger partial charge in [0.25, 0.3) is 0 Å². The highest BCUT2D eigenvalue weighted by atomic mass is 28.3. The molecule has 0 unspecified atom stereocenters. The van der Waals surface area contributed by atoms with E-state index in [1.54, 1.807) is 0 Å². The quantitative estimate of drug-likeness (QED) is 0.190. The predicted molar refractivity (Wildman–Crippen MR) is 198 cm³/mol. The summed E-state index contributed by atoms with van der Waals surface area (Å²) in [6.45, 7) is 23.4. The minimum Gasteiger partial charge on any atom is -0.309 e. The van der Waals surface area contributed by atoms with Gasteiger partial charge in [0.15, 0.2) is 0 Å². The van der Waals surface area contributed by atoms with E-state index in [9.17, 15) is 0 Å². The minimum atomic E-state index is -2.10. The number of fused-ring (bicyclic) bond motifs is 3. The van der Waals surface area contributed by atoms with Crippen LogP contribution in [0.1, 0.15) is 52.7 Å². The molecule has 45 heavy (non-hydrogen) atoms. The average Bonchev–Trinajstić information content (AvgIpc) is 3.34. The monoisotopic (exact) mass is 626 g/mol. The highest BCUT2D eigenvalue weighted by Crippen LogP contribution is 2.32. The summed E-state index contributed by atoms with van der Waals surface area (Å²) in [6.07, 6.45) is 7.76. The first-order chi connectivity index (χ1) is 21.1. The van der Waals surface area contributed by atoms with E-state index in [1.165, 1.54) is 53.9 Å². The maximum Gasteiger partial charge on any atom is 0.135 e. The molecular formula is C39H46N4Si2. The van der Waals surface area contributed by atoms with Gasteiger partial charge in [0.2, 0.25) is 0 Å². The SMILES string of the molecule is CC(C)(C)c1ccnc([Si](C)(C)c2ccc3c(c2)c2cc([Si](C)(C)c4cc(C(C)(C)C)ccn4)ccc2n3-c2ccncc2)c1. The van der Waals surface area contributed by atoms with Crippen LogP contribution in [0.25, 0.3) is 27.5 Å². The van der Waals surface area contributed by atoms with E-state index < -0.39 is 16.1 Å². The second kappa shape index (κ2) is 10.9. The lowest BCUT2D eigenvalue weighted by Gasteiger charge is -2.26. The third kappa shape index (κ3) is 5.59. The molecule has 0 aliphatic heterocycles. The van der Waals surface area contributed by atoms with Crippen LogP contribution in [-0.2, 0) is 10.8 Å². The van der Waals surface area contributed by atoms with E-state index in [0.717, 1.165) is 5.69 Å². The summed E-state index contributed by atoms with van der Waals surface area (Å²) in [5, 5.41) is 7.81. The smallest absolute Gasteiger partial charge is 0.135 e. The molecule has 0 aliphatic carbocycles. The van der Waals surface area contributed by atoms with Gasteiger partial charge in [0.1, 0.15) is 16.1 Å². The summed E-state index contributed by atoms with van der Waals surface area (Å²) in [4.78, 5) is 14.2. The summed E-state index contributed by atoms with van der Waals surface area (Å²) < 4.78 is 2.39. The summed E-state index contributed by atoms with van der Waals surface area (Å²) in [6, 6.07) is 27.5. The van der Waals surface area contributed by atoms with Crippen molar-refractivity contribution in [1.82, 2.24) is 19.5 Å². The topological polar surface area (TPSA) is 43.6 Å². The van der Waals surface area contributed by atoms with Crippen molar-refractivity contribution in [3.63, 3.8) is 0 Å². The van der Waals surface area contributed by atoms with Crippen LogP contribution < -0.4 is 21.0 Å². The zero-order chi connectivity index (χ0) is 32.4. The van der Waals surface area contributed by atoms with Crippen molar-refractivity contribution in [3.8, 4) is 5.69 Å². The number of rotatable bonds is 5. The van der Waals surface area contributed by atoms with Gasteiger partial charge in [-0.05, 0) is 70.5 Å². The first-order valence-corrected chi connectivity index (χ1v) is 22.0. The average molecular weight is 627 g/mol. The van der Waals surface area contributed by atoms with Crippen molar-refractivity contribution in [2.24, 2.45) is 0 Å². The molecule has 0 radical (unpaired) electrons. The van der Waals surface area contributed by atoms with Gasteiger partial charge < -0.3 is 4.57 Å². The maximum atomic E-state index is 4.95. The lowest BCUT2D eigenvalue weighted by Crippen LogP contribution is -2.54. The Labute approximate surface area is 270 Å². The molecule has 4 heterocycles. The zero-order valence-corrected chi connectivity index (χ0v) is 30.5. The zero-order valence-electron chi connectivity index (χ0n) is 28.5. The van der Waals surface area contributed by atoms with Crippen molar-refractivity contribution in [2.75, 3.05) is 0 Å². The molecule has 230 valence electrons. The van der Waals surface area contributed by atoms with Crippen LogP contribution in [-0.4, -0.2) is 35.7 Å². The Hall–Kier alpha value is -3.88. The molecule has 0 amide bonds. The highest BCUT2D eigenvalue weighted by Gasteiger charge is 2.32. The Bertz CT molecular complexity index is 1900. The molecule has 6 heteroatoms. The molecule has 6 rings (SSSR count). The molecule has 0 aliphatic rings. The first-order valence-electron chi connectivity index (χ1n) is 16.0. The third-order valence-electron chi connectivity index (χ3n) is 9.66. The first kappa shape index (κ1) is 31.1. The molecule has 4 aromatic heterocycles. The predicted octanol–water partition coefficient (Wildman–Crippen LogP) is 7.21. The lowest BCUT2D eigenvalue weighted by atomic mass is 9.88. The fourth-order valence-electron chi connectivity index (χ4n) is 6.35. The molecule has 6 aromatic rings. The van der Waals surface area contributed by atoms with E-state index in [2.05, 4.69) is 150 Å². The lowest BCUT2D eigenvalue weighted by molar-refractivity contribution is 0.589. The van der Waals surface area contributed by atoms with Crippen molar-refractivity contribution in [2.45, 2.75) is 78.6 Å². The van der Waals surface area contributed by atoms with Crippen LogP contribution in [0.2, 0.25) is 26.2 Å². The molecule has 0 bridgehead atoms. The number of hydrogen-bond donors (Lipinski definition) is 0. The van der Waals surface area contributed by atoms with Crippen molar-refractivity contribution in [1.29, 1.82) is 0 Å². The largest absolute Gasteiger partial charge is 0.309 e. The van der Waals surface area contributed by atoms with Crippen LogP contribution in [0.5, 0.6) is 0 Å². The van der Waals surface area contributed by atoms with Gasteiger partial charge in [-0.2, -0.15) is 0 Å². The van der Waals surface area contributed by atoms with Crippen molar-refractivity contribution in [3.05, 3.63) is 109 Å². The van der Waals surface area contributed by atoms with E-state index in [0.29, 0.717) is 0 Å². The van der Waals surface area contributed by atoms with Crippen LogP contribution in [0.3, 0.4) is 0 Å². The molecule has 2 aromatic carbocycles. The second-order valence-electron chi connectivity index (χ2n) is 15.6. The molecule has 0 saturated heterocycles. The summed E-state index contributed by atoms with van der Waals surface area (Å²) >= 11 is 0. The van der Waals surface area contributed by atoms with E-state index in [1.807, 2.05) is 24.8 Å². The number of hydrogen-bond acceptors (Lipinski definition) is 3. The Morgan fingerprint density at radius 3 is 1.33 bits per heavy atom. The Kier molecular flexibility index (Phi) is 7.53. The number of benzene rings is 2. The van der Waals surface area contributed by atoms with Crippen LogP contribution in [0.15, 0.2) is 97.6 Å². The molecule has 0 fully saturated rings. The minimum absolute atomic E-state index is 0.0818. The van der Waals surface area contributed by atoms with Gasteiger partial charge in [0, 0.05) is 51.9 Å². The molecule has 0 N–H and O–H groups in total. The van der Waals surface area contributed by atoms with Gasteiger partial charge in [-0.1, -0.05) is 102 Å².